The molecule has 1 aromatic heterocycles. The Bertz CT molecular complexity index is 895. The number of hydrogen-bond acceptors (Lipinski definition) is 4. The molecule has 0 N–H and O–H groups in total. The van der Waals surface area contributed by atoms with Crippen LogP contribution in [-0.2, 0) is 18.9 Å². The molecule has 0 spiro atoms. The van der Waals surface area contributed by atoms with Gasteiger partial charge < -0.3 is 9.30 Å². The van der Waals surface area contributed by atoms with Crippen LogP contribution in [0, 0.1) is 19.7 Å². The van der Waals surface area contributed by atoms with E-state index in [1.807, 2.05) is 22.8 Å². The van der Waals surface area contributed by atoms with Gasteiger partial charge in [-0.25, -0.2) is 4.39 Å². The fourth-order valence-corrected chi connectivity index (χ4v) is 3.54. The maximum Gasteiger partial charge on any atom is 0.191 e. The molecule has 4 nitrogen and oxygen atoms in total. The average molecular weight is 371 g/mol. The highest BCUT2D eigenvalue weighted by Gasteiger charge is 2.12. The first-order chi connectivity index (χ1) is 12.6. The predicted octanol–water partition coefficient (Wildman–Crippen LogP) is 4.93. The van der Waals surface area contributed by atoms with Crippen LogP contribution >= 0.6 is 11.8 Å². The summed E-state index contributed by atoms with van der Waals surface area (Å²) < 4.78 is 21.2. The molecule has 0 atom stereocenters. The molecular formula is C20H22FN3OS. The first-order valence-electron chi connectivity index (χ1n) is 8.56. The Morgan fingerprint density at radius 3 is 2.65 bits per heavy atom. The van der Waals surface area contributed by atoms with Gasteiger partial charge in [0.25, 0.3) is 0 Å². The number of aromatic nitrogens is 3. The number of nitrogens with zero attached hydrogens (tertiary/aromatic N) is 3. The highest BCUT2D eigenvalue weighted by Crippen LogP contribution is 2.23. The molecule has 0 saturated carbocycles. The summed E-state index contributed by atoms with van der Waals surface area (Å²) >= 11 is 1.55. The van der Waals surface area contributed by atoms with Crippen LogP contribution in [0.2, 0.25) is 0 Å². The smallest absolute Gasteiger partial charge is 0.191 e. The van der Waals surface area contributed by atoms with Crippen LogP contribution in [0.25, 0.3) is 0 Å². The molecule has 1 heterocycles. The number of benzene rings is 2. The van der Waals surface area contributed by atoms with Crippen molar-refractivity contribution in [1.82, 2.24) is 14.8 Å². The summed E-state index contributed by atoms with van der Waals surface area (Å²) in [5, 5.41) is 9.35. The second kappa shape index (κ2) is 8.36. The van der Waals surface area contributed by atoms with Gasteiger partial charge in [0.15, 0.2) is 11.0 Å². The zero-order chi connectivity index (χ0) is 18.5. The van der Waals surface area contributed by atoms with Crippen LogP contribution in [0.3, 0.4) is 0 Å². The number of rotatable bonds is 7. The van der Waals surface area contributed by atoms with Gasteiger partial charge in [0, 0.05) is 12.3 Å². The van der Waals surface area contributed by atoms with Crippen molar-refractivity contribution < 1.29 is 9.13 Å². The van der Waals surface area contributed by atoms with E-state index in [1.54, 1.807) is 23.9 Å². The van der Waals surface area contributed by atoms with E-state index in [4.69, 9.17) is 4.74 Å². The van der Waals surface area contributed by atoms with Gasteiger partial charge in [0.05, 0.1) is 0 Å². The summed E-state index contributed by atoms with van der Waals surface area (Å²) in [6.45, 7) is 7.32. The van der Waals surface area contributed by atoms with E-state index in [2.05, 4.69) is 37.0 Å². The molecule has 3 aromatic rings. The van der Waals surface area contributed by atoms with Gasteiger partial charge in [0.2, 0.25) is 0 Å². The zero-order valence-electron chi connectivity index (χ0n) is 15.2. The monoisotopic (exact) mass is 371 g/mol. The van der Waals surface area contributed by atoms with E-state index in [-0.39, 0.29) is 5.82 Å². The summed E-state index contributed by atoms with van der Waals surface area (Å²) in [7, 11) is 0. The molecule has 0 aliphatic carbocycles. The molecule has 3 rings (SSSR count). The Kier molecular flexibility index (Phi) is 5.93. The number of aryl methyl sites for hydroxylation is 2. The highest BCUT2D eigenvalue weighted by atomic mass is 32.2. The van der Waals surface area contributed by atoms with E-state index < -0.39 is 0 Å². The van der Waals surface area contributed by atoms with E-state index in [0.717, 1.165) is 28.8 Å². The SMILES string of the molecule is CCn1c(COc2ccc(C)c(C)c2)nnc1SCc1cccc(F)c1. The first kappa shape index (κ1) is 18.5. The fraction of sp³-hybridized carbons (Fsp3) is 0.300. The lowest BCUT2D eigenvalue weighted by molar-refractivity contribution is 0.288. The van der Waals surface area contributed by atoms with Crippen molar-refractivity contribution in [2.75, 3.05) is 0 Å². The highest BCUT2D eigenvalue weighted by molar-refractivity contribution is 7.98. The molecule has 136 valence electrons. The number of halogens is 1. The van der Waals surface area contributed by atoms with E-state index in [1.165, 1.54) is 17.2 Å². The molecule has 6 heteroatoms. The van der Waals surface area contributed by atoms with Crippen LogP contribution in [-0.4, -0.2) is 14.8 Å². The van der Waals surface area contributed by atoms with Crippen LogP contribution in [0.1, 0.15) is 29.4 Å². The molecule has 0 radical (unpaired) electrons. The van der Waals surface area contributed by atoms with E-state index in [9.17, 15) is 4.39 Å². The van der Waals surface area contributed by atoms with Crippen molar-refractivity contribution >= 4 is 11.8 Å². The maximum atomic E-state index is 13.3. The van der Waals surface area contributed by atoms with Crippen LogP contribution in [0.4, 0.5) is 4.39 Å². The second-order valence-electron chi connectivity index (χ2n) is 6.10. The standard InChI is InChI=1S/C20H22FN3OS/c1-4-24-19(12-25-18-9-8-14(2)15(3)10-18)22-23-20(24)26-13-16-6-5-7-17(21)11-16/h5-11H,4,12-13H2,1-3H3. The molecule has 2 aromatic carbocycles. The third-order valence-electron chi connectivity index (χ3n) is 4.21. The lowest BCUT2D eigenvalue weighted by Crippen LogP contribution is -2.07. The lowest BCUT2D eigenvalue weighted by atomic mass is 10.1. The van der Waals surface area contributed by atoms with Gasteiger partial charge in [-0.2, -0.15) is 0 Å². The molecule has 26 heavy (non-hydrogen) atoms. The molecule has 0 fully saturated rings. The van der Waals surface area contributed by atoms with Crippen molar-refractivity contribution in [3.63, 3.8) is 0 Å². The maximum absolute atomic E-state index is 13.3. The number of thioether (sulfide) groups is 1. The minimum atomic E-state index is -0.220. The fourth-order valence-electron chi connectivity index (χ4n) is 2.58. The summed E-state index contributed by atoms with van der Waals surface area (Å²) in [5.74, 6) is 2.04. The minimum Gasteiger partial charge on any atom is -0.486 e. The number of hydrogen-bond donors (Lipinski definition) is 0. The van der Waals surface area contributed by atoms with Crippen LogP contribution in [0.5, 0.6) is 5.75 Å². The first-order valence-corrected chi connectivity index (χ1v) is 9.54. The van der Waals surface area contributed by atoms with Gasteiger partial charge in [0.1, 0.15) is 18.2 Å². The number of ether oxygens (including phenoxy) is 1. The predicted molar refractivity (Wildman–Crippen MR) is 102 cm³/mol. The molecule has 0 saturated heterocycles. The third-order valence-corrected chi connectivity index (χ3v) is 5.25. The van der Waals surface area contributed by atoms with Crippen molar-refractivity contribution in [2.45, 2.75) is 44.8 Å². The van der Waals surface area contributed by atoms with Gasteiger partial charge in [-0.3, -0.25) is 0 Å². The largest absolute Gasteiger partial charge is 0.486 e. The van der Waals surface area contributed by atoms with Crippen molar-refractivity contribution in [3.8, 4) is 5.75 Å². The lowest BCUT2D eigenvalue weighted by Gasteiger charge is -2.10. The topological polar surface area (TPSA) is 39.9 Å². The van der Waals surface area contributed by atoms with E-state index >= 15 is 0 Å². The summed E-state index contributed by atoms with van der Waals surface area (Å²) in [5.41, 5.74) is 3.37. The Morgan fingerprint density at radius 2 is 1.92 bits per heavy atom. The molecule has 0 amide bonds. The molecule has 0 unspecified atom stereocenters. The van der Waals surface area contributed by atoms with Crippen LogP contribution in [0.15, 0.2) is 47.6 Å². The molecule has 0 aliphatic heterocycles. The van der Waals surface area contributed by atoms with Gasteiger partial charge >= 0.3 is 0 Å². The molecule has 0 aliphatic rings. The second-order valence-corrected chi connectivity index (χ2v) is 7.04. The quantitative estimate of drug-likeness (QED) is 0.553. The summed E-state index contributed by atoms with van der Waals surface area (Å²) in [6.07, 6.45) is 0. The van der Waals surface area contributed by atoms with Gasteiger partial charge in [-0.05, 0) is 61.7 Å². The van der Waals surface area contributed by atoms with Crippen LogP contribution < -0.4 is 4.74 Å². The Labute approximate surface area is 157 Å². The van der Waals surface area contributed by atoms with E-state index in [0.29, 0.717) is 12.4 Å². The summed E-state index contributed by atoms with van der Waals surface area (Å²) in [4.78, 5) is 0. The van der Waals surface area contributed by atoms with Gasteiger partial charge in [-0.15, -0.1) is 10.2 Å². The Balaban J connectivity index is 1.66. The average Bonchev–Trinajstić information content (AvgIpc) is 3.03. The van der Waals surface area contributed by atoms with Crippen molar-refractivity contribution in [1.29, 1.82) is 0 Å². The summed E-state index contributed by atoms with van der Waals surface area (Å²) in [6, 6.07) is 12.7. The molecule has 0 bridgehead atoms. The normalized spacial score (nSPS) is 10.9. The molecular weight excluding hydrogens is 349 g/mol. The van der Waals surface area contributed by atoms with Gasteiger partial charge in [-0.1, -0.05) is 30.0 Å². The zero-order valence-corrected chi connectivity index (χ0v) is 16.0. The van der Waals surface area contributed by atoms with Crippen molar-refractivity contribution in [2.24, 2.45) is 0 Å². The minimum absolute atomic E-state index is 0.220. The Morgan fingerprint density at radius 1 is 1.08 bits per heavy atom. The van der Waals surface area contributed by atoms with Crippen molar-refractivity contribution in [3.05, 3.63) is 70.8 Å². The third kappa shape index (κ3) is 4.43. The Hall–Kier alpha value is -2.34.